The molecule has 0 N–H and O–H groups in total. The van der Waals surface area contributed by atoms with E-state index in [4.69, 9.17) is 11.6 Å². The first-order chi connectivity index (χ1) is 9.48. The number of benzene rings is 1. The van der Waals surface area contributed by atoms with Crippen LogP contribution in [0.1, 0.15) is 18.1 Å². The van der Waals surface area contributed by atoms with Gasteiger partial charge in [-0.15, -0.1) is 11.6 Å². The van der Waals surface area contributed by atoms with Gasteiger partial charge in [0.15, 0.2) is 0 Å². The molecule has 1 fully saturated rings. The molecule has 1 saturated heterocycles. The molecule has 4 nitrogen and oxygen atoms in total. The zero-order chi connectivity index (χ0) is 14.8. The molecule has 0 radical (unpaired) electrons. The Labute approximate surface area is 126 Å². The molecular weight excluding hydrogens is 296 g/mol. The summed E-state index contributed by atoms with van der Waals surface area (Å²) in [5, 5.41) is 0. The van der Waals surface area contributed by atoms with Crippen molar-refractivity contribution in [2.24, 2.45) is 0 Å². The monoisotopic (exact) mass is 316 g/mol. The highest BCUT2D eigenvalue weighted by Gasteiger charge is 2.27. The highest BCUT2D eigenvalue weighted by atomic mass is 35.5. The maximum Gasteiger partial charge on any atom is 0.243 e. The van der Waals surface area contributed by atoms with Gasteiger partial charge in [-0.3, -0.25) is 0 Å². The lowest BCUT2D eigenvalue weighted by molar-refractivity contribution is 0.222. The van der Waals surface area contributed by atoms with Gasteiger partial charge in [0, 0.05) is 32.1 Å². The average Bonchev–Trinajstić information content (AvgIpc) is 2.46. The summed E-state index contributed by atoms with van der Waals surface area (Å²) < 4.78 is 26.8. The second-order valence-corrected chi connectivity index (χ2v) is 7.33. The average molecular weight is 317 g/mol. The number of hydrogen-bond donors (Lipinski definition) is 0. The fourth-order valence-electron chi connectivity index (χ4n) is 2.41. The summed E-state index contributed by atoms with van der Waals surface area (Å²) in [5.41, 5.74) is 2.02. The summed E-state index contributed by atoms with van der Waals surface area (Å²) in [7, 11) is -1.39. The number of nitrogens with zero attached hydrogens (tertiary/aromatic N) is 2. The molecule has 1 heterocycles. The van der Waals surface area contributed by atoms with Crippen LogP contribution < -0.4 is 0 Å². The Morgan fingerprint density at radius 1 is 1.15 bits per heavy atom. The molecule has 0 amide bonds. The van der Waals surface area contributed by atoms with E-state index in [1.165, 1.54) is 0 Å². The van der Waals surface area contributed by atoms with Crippen molar-refractivity contribution in [2.75, 3.05) is 33.2 Å². The van der Waals surface area contributed by atoms with E-state index in [2.05, 4.69) is 4.90 Å². The minimum absolute atomic E-state index is 0.343. The van der Waals surface area contributed by atoms with Gasteiger partial charge in [-0.25, -0.2) is 8.42 Å². The van der Waals surface area contributed by atoms with Gasteiger partial charge >= 0.3 is 0 Å². The molecular formula is C14H21ClN2O2S. The zero-order valence-corrected chi connectivity index (χ0v) is 13.5. The van der Waals surface area contributed by atoms with Gasteiger partial charge in [-0.1, -0.05) is 13.0 Å². The zero-order valence-electron chi connectivity index (χ0n) is 12.0. The Morgan fingerprint density at radius 2 is 1.80 bits per heavy atom. The van der Waals surface area contributed by atoms with E-state index in [1.807, 2.05) is 20.0 Å². The third-order valence-corrected chi connectivity index (χ3v) is 5.99. The number of aryl methyl sites for hydroxylation is 1. The third kappa shape index (κ3) is 3.17. The number of piperazine rings is 1. The van der Waals surface area contributed by atoms with Crippen LogP contribution in [0.2, 0.25) is 0 Å². The van der Waals surface area contributed by atoms with Gasteiger partial charge in [0.2, 0.25) is 10.0 Å². The Hall–Kier alpha value is -0.620. The van der Waals surface area contributed by atoms with E-state index in [0.29, 0.717) is 23.9 Å². The summed E-state index contributed by atoms with van der Waals surface area (Å²) in [6, 6.07) is 5.29. The molecule has 2 rings (SSSR count). The Morgan fingerprint density at radius 3 is 2.35 bits per heavy atom. The van der Waals surface area contributed by atoms with Crippen LogP contribution in [0.3, 0.4) is 0 Å². The summed E-state index contributed by atoms with van der Waals surface area (Å²) >= 11 is 5.92. The highest BCUT2D eigenvalue weighted by molar-refractivity contribution is 7.89. The van der Waals surface area contributed by atoms with E-state index in [-0.39, 0.29) is 0 Å². The molecule has 1 aliphatic rings. The molecule has 0 aromatic heterocycles. The van der Waals surface area contributed by atoms with Crippen LogP contribution in [0, 0.1) is 0 Å². The first-order valence-electron chi connectivity index (χ1n) is 6.85. The summed E-state index contributed by atoms with van der Waals surface area (Å²) in [6.07, 6.45) is 0.858. The molecule has 0 atom stereocenters. The molecule has 1 aliphatic heterocycles. The van der Waals surface area contributed by atoms with E-state index in [9.17, 15) is 8.42 Å². The smallest absolute Gasteiger partial charge is 0.243 e. The lowest BCUT2D eigenvalue weighted by Crippen LogP contribution is -2.47. The van der Waals surface area contributed by atoms with Gasteiger partial charge in [-0.05, 0) is 36.7 Å². The van der Waals surface area contributed by atoms with E-state index < -0.39 is 10.0 Å². The van der Waals surface area contributed by atoms with Crippen LogP contribution in [-0.2, 0) is 22.3 Å². The molecule has 0 saturated carbocycles. The Balaban J connectivity index is 2.30. The van der Waals surface area contributed by atoms with Crippen molar-refractivity contribution in [2.45, 2.75) is 24.1 Å². The third-order valence-electron chi connectivity index (χ3n) is 3.80. The van der Waals surface area contributed by atoms with Crippen molar-refractivity contribution in [3.8, 4) is 0 Å². The van der Waals surface area contributed by atoms with Gasteiger partial charge in [0.05, 0.1) is 4.90 Å². The molecule has 20 heavy (non-hydrogen) atoms. The summed E-state index contributed by atoms with van der Waals surface area (Å²) in [4.78, 5) is 2.49. The van der Waals surface area contributed by atoms with Gasteiger partial charge < -0.3 is 4.90 Å². The van der Waals surface area contributed by atoms with Crippen LogP contribution in [0.5, 0.6) is 0 Å². The Kier molecular flexibility index (Phi) is 5.07. The van der Waals surface area contributed by atoms with Crippen molar-refractivity contribution in [1.82, 2.24) is 9.21 Å². The standard InChI is InChI=1S/C14H21ClN2O2S/c1-3-12-4-5-14(10-13(12)11-15)20(18,19)17-8-6-16(2)7-9-17/h4-5,10H,3,6-9,11H2,1-2H3. The SMILES string of the molecule is CCc1ccc(S(=O)(=O)N2CCN(C)CC2)cc1CCl. The lowest BCUT2D eigenvalue weighted by atomic mass is 10.1. The molecule has 6 heteroatoms. The lowest BCUT2D eigenvalue weighted by Gasteiger charge is -2.31. The van der Waals surface area contributed by atoms with Crippen molar-refractivity contribution in [1.29, 1.82) is 0 Å². The maximum atomic E-state index is 12.6. The van der Waals surface area contributed by atoms with E-state index in [0.717, 1.165) is 30.6 Å². The van der Waals surface area contributed by atoms with E-state index in [1.54, 1.807) is 16.4 Å². The number of rotatable bonds is 4. The van der Waals surface area contributed by atoms with E-state index >= 15 is 0 Å². The molecule has 0 unspecified atom stereocenters. The number of alkyl halides is 1. The maximum absolute atomic E-state index is 12.6. The van der Waals surface area contributed by atoms with Crippen molar-refractivity contribution in [3.63, 3.8) is 0 Å². The van der Waals surface area contributed by atoms with Gasteiger partial charge in [-0.2, -0.15) is 4.31 Å². The number of hydrogen-bond acceptors (Lipinski definition) is 3. The second kappa shape index (κ2) is 6.43. The number of sulfonamides is 1. The molecule has 0 aliphatic carbocycles. The fraction of sp³-hybridized carbons (Fsp3) is 0.571. The van der Waals surface area contributed by atoms with Gasteiger partial charge in [0.1, 0.15) is 0 Å². The second-order valence-electron chi connectivity index (χ2n) is 5.13. The van der Waals surface area contributed by atoms with Crippen LogP contribution in [-0.4, -0.2) is 50.8 Å². The fourth-order valence-corrected chi connectivity index (χ4v) is 4.13. The predicted molar refractivity (Wildman–Crippen MR) is 81.6 cm³/mol. The quantitative estimate of drug-likeness (QED) is 0.797. The van der Waals surface area contributed by atoms with Crippen molar-refractivity contribution >= 4 is 21.6 Å². The minimum Gasteiger partial charge on any atom is -0.304 e. The minimum atomic E-state index is -3.40. The molecule has 112 valence electrons. The van der Waals surface area contributed by atoms with Crippen molar-refractivity contribution < 1.29 is 8.42 Å². The topological polar surface area (TPSA) is 40.6 Å². The van der Waals surface area contributed by atoms with Gasteiger partial charge in [0.25, 0.3) is 0 Å². The van der Waals surface area contributed by atoms with Crippen LogP contribution >= 0.6 is 11.6 Å². The normalized spacial score (nSPS) is 18.4. The largest absolute Gasteiger partial charge is 0.304 e. The number of halogens is 1. The molecule has 1 aromatic carbocycles. The molecule has 0 spiro atoms. The molecule has 0 bridgehead atoms. The number of likely N-dealkylation sites (N-methyl/N-ethyl adjacent to an activating group) is 1. The Bertz CT molecular complexity index is 567. The predicted octanol–water partition coefficient (Wildman–Crippen LogP) is 1.92. The van der Waals surface area contributed by atoms with Crippen LogP contribution in [0.15, 0.2) is 23.1 Å². The van der Waals surface area contributed by atoms with Crippen LogP contribution in [0.4, 0.5) is 0 Å². The van der Waals surface area contributed by atoms with Crippen LogP contribution in [0.25, 0.3) is 0 Å². The molecule has 1 aromatic rings. The first kappa shape index (κ1) is 15.8. The first-order valence-corrected chi connectivity index (χ1v) is 8.83. The van der Waals surface area contributed by atoms with Crippen molar-refractivity contribution in [3.05, 3.63) is 29.3 Å². The highest BCUT2D eigenvalue weighted by Crippen LogP contribution is 2.22. The summed E-state index contributed by atoms with van der Waals surface area (Å²) in [6.45, 7) is 4.68. The summed E-state index contributed by atoms with van der Waals surface area (Å²) in [5.74, 6) is 0.343.